The second kappa shape index (κ2) is 8.84. The molecule has 0 bridgehead atoms. The summed E-state index contributed by atoms with van der Waals surface area (Å²) >= 11 is 0. The zero-order valence-corrected chi connectivity index (χ0v) is 16.9. The van der Waals surface area contributed by atoms with E-state index >= 15 is 0 Å². The minimum Gasteiger partial charge on any atom is -0.497 e. The summed E-state index contributed by atoms with van der Waals surface area (Å²) in [6.07, 6.45) is 1.94. The predicted octanol–water partition coefficient (Wildman–Crippen LogP) is 0.653. The van der Waals surface area contributed by atoms with Gasteiger partial charge in [-0.05, 0) is 24.3 Å². The van der Waals surface area contributed by atoms with Crippen LogP contribution in [0.1, 0.15) is 0 Å². The molecule has 2 aromatic rings. The maximum Gasteiger partial charge on any atom is 0.242 e. The van der Waals surface area contributed by atoms with Crippen molar-refractivity contribution in [3.05, 3.63) is 30.5 Å². The van der Waals surface area contributed by atoms with Crippen LogP contribution in [0.5, 0.6) is 5.75 Å². The summed E-state index contributed by atoms with van der Waals surface area (Å²) in [6.45, 7) is 6.10. The van der Waals surface area contributed by atoms with Crippen molar-refractivity contribution in [2.24, 2.45) is 0 Å². The van der Waals surface area contributed by atoms with Gasteiger partial charge in [0.25, 0.3) is 0 Å². The van der Waals surface area contributed by atoms with Gasteiger partial charge in [-0.15, -0.1) is 0 Å². The minimum atomic E-state index is 0.109. The van der Waals surface area contributed by atoms with Gasteiger partial charge in [0.1, 0.15) is 12.3 Å². The highest BCUT2D eigenvalue weighted by atomic mass is 16.5. The lowest BCUT2D eigenvalue weighted by Crippen LogP contribution is -2.53. The maximum absolute atomic E-state index is 12.8. The van der Waals surface area contributed by atoms with Gasteiger partial charge >= 0.3 is 0 Å². The maximum atomic E-state index is 12.8. The van der Waals surface area contributed by atoms with Crippen LogP contribution in [0.3, 0.4) is 0 Å². The molecule has 3 heterocycles. The number of carbonyl (C=O) groups excluding carboxylic acids is 2. The fourth-order valence-electron chi connectivity index (χ4n) is 3.95. The number of rotatable bonds is 5. The van der Waals surface area contributed by atoms with E-state index in [1.165, 1.54) is 0 Å². The fourth-order valence-corrected chi connectivity index (χ4v) is 3.95. The Kier molecular flexibility index (Phi) is 6.01. The highest BCUT2D eigenvalue weighted by Gasteiger charge is 2.25. The van der Waals surface area contributed by atoms with Crippen molar-refractivity contribution < 1.29 is 19.1 Å². The van der Waals surface area contributed by atoms with Crippen molar-refractivity contribution in [1.29, 1.82) is 0 Å². The quantitative estimate of drug-likeness (QED) is 0.738. The van der Waals surface area contributed by atoms with Crippen LogP contribution in [0.2, 0.25) is 0 Å². The highest BCUT2D eigenvalue weighted by Crippen LogP contribution is 2.22. The van der Waals surface area contributed by atoms with Gasteiger partial charge in [-0.25, -0.2) is 0 Å². The fraction of sp³-hybridized carbons (Fsp3) is 0.524. The Morgan fingerprint density at radius 1 is 0.931 bits per heavy atom. The van der Waals surface area contributed by atoms with E-state index in [2.05, 4.69) is 4.90 Å². The smallest absolute Gasteiger partial charge is 0.242 e. The molecule has 8 nitrogen and oxygen atoms in total. The average molecular weight is 400 g/mol. The Morgan fingerprint density at radius 3 is 2.34 bits per heavy atom. The standard InChI is InChI=1S/C21H28N4O4/c1-28-18-2-3-19-17(14-18)4-5-25(19)16-21(27)23-8-6-22(7-9-23)15-20(26)24-10-12-29-13-11-24/h2-5,14H,6-13,15-16H2,1H3. The first kappa shape index (κ1) is 19.7. The van der Waals surface area contributed by atoms with Gasteiger partial charge in [0, 0.05) is 56.4 Å². The first-order valence-corrected chi connectivity index (χ1v) is 10.1. The number of hydrogen-bond donors (Lipinski definition) is 0. The van der Waals surface area contributed by atoms with E-state index in [-0.39, 0.29) is 11.8 Å². The van der Waals surface area contributed by atoms with Gasteiger partial charge in [0.05, 0.1) is 26.9 Å². The molecule has 2 saturated heterocycles. The normalized spacial score (nSPS) is 18.2. The van der Waals surface area contributed by atoms with Gasteiger partial charge in [-0.1, -0.05) is 0 Å². The van der Waals surface area contributed by atoms with E-state index in [0.29, 0.717) is 52.5 Å². The molecule has 0 saturated carbocycles. The molecular formula is C21H28N4O4. The van der Waals surface area contributed by atoms with Crippen molar-refractivity contribution in [1.82, 2.24) is 19.3 Å². The lowest BCUT2D eigenvalue weighted by atomic mass is 10.2. The molecule has 1 aromatic heterocycles. The largest absolute Gasteiger partial charge is 0.497 e. The minimum absolute atomic E-state index is 0.109. The summed E-state index contributed by atoms with van der Waals surface area (Å²) in [7, 11) is 1.65. The number of amides is 2. The highest BCUT2D eigenvalue weighted by molar-refractivity contribution is 5.84. The van der Waals surface area contributed by atoms with Crippen LogP contribution in [-0.2, 0) is 20.9 Å². The Balaban J connectivity index is 1.28. The van der Waals surface area contributed by atoms with Crippen LogP contribution in [0.25, 0.3) is 10.9 Å². The summed E-state index contributed by atoms with van der Waals surface area (Å²) in [6, 6.07) is 7.87. The van der Waals surface area contributed by atoms with Crippen LogP contribution in [-0.4, -0.2) is 97.2 Å². The van der Waals surface area contributed by atoms with Crippen molar-refractivity contribution in [2.75, 3.05) is 66.1 Å². The molecule has 0 spiro atoms. The number of hydrogen-bond acceptors (Lipinski definition) is 5. The molecule has 2 fully saturated rings. The molecule has 29 heavy (non-hydrogen) atoms. The number of fused-ring (bicyclic) bond motifs is 1. The van der Waals surface area contributed by atoms with Gasteiger partial charge in [0.15, 0.2) is 0 Å². The van der Waals surface area contributed by atoms with E-state index in [9.17, 15) is 9.59 Å². The van der Waals surface area contributed by atoms with Crippen molar-refractivity contribution in [2.45, 2.75) is 6.54 Å². The van der Waals surface area contributed by atoms with Crippen LogP contribution in [0.4, 0.5) is 0 Å². The lowest BCUT2D eigenvalue weighted by Gasteiger charge is -2.36. The van der Waals surface area contributed by atoms with Crippen molar-refractivity contribution >= 4 is 22.7 Å². The molecule has 2 amide bonds. The molecule has 0 unspecified atom stereocenters. The number of methoxy groups -OCH3 is 1. The number of morpholine rings is 1. The van der Waals surface area contributed by atoms with Crippen molar-refractivity contribution in [3.8, 4) is 5.75 Å². The summed E-state index contributed by atoms with van der Waals surface area (Å²) in [5.41, 5.74) is 1.02. The zero-order valence-electron chi connectivity index (χ0n) is 16.9. The molecule has 0 aliphatic carbocycles. The number of ether oxygens (including phenoxy) is 2. The molecule has 2 aliphatic rings. The second-order valence-electron chi connectivity index (χ2n) is 7.52. The Labute approximate surface area is 170 Å². The molecular weight excluding hydrogens is 372 g/mol. The molecule has 0 N–H and O–H groups in total. The number of piperazine rings is 1. The van der Waals surface area contributed by atoms with Gasteiger partial charge in [-0.2, -0.15) is 0 Å². The lowest BCUT2D eigenvalue weighted by molar-refractivity contribution is -0.138. The Hall–Kier alpha value is -2.58. The van der Waals surface area contributed by atoms with E-state index in [1.807, 2.05) is 44.8 Å². The number of benzene rings is 1. The Morgan fingerprint density at radius 2 is 1.62 bits per heavy atom. The van der Waals surface area contributed by atoms with Crippen LogP contribution < -0.4 is 4.74 Å². The monoisotopic (exact) mass is 400 g/mol. The first-order valence-electron chi connectivity index (χ1n) is 10.1. The summed E-state index contributed by atoms with van der Waals surface area (Å²) in [4.78, 5) is 31.1. The van der Waals surface area contributed by atoms with Crippen LogP contribution in [0, 0.1) is 0 Å². The first-order chi connectivity index (χ1) is 14.1. The summed E-state index contributed by atoms with van der Waals surface area (Å²) < 4.78 is 12.5. The van der Waals surface area contributed by atoms with E-state index in [4.69, 9.17) is 9.47 Å². The SMILES string of the molecule is COc1ccc2c(ccn2CC(=O)N2CCN(CC(=O)N3CCOCC3)CC2)c1. The van der Waals surface area contributed by atoms with E-state index < -0.39 is 0 Å². The zero-order chi connectivity index (χ0) is 20.2. The summed E-state index contributed by atoms with van der Waals surface area (Å²) in [5, 5.41) is 1.06. The molecule has 0 atom stereocenters. The number of aromatic nitrogens is 1. The molecule has 156 valence electrons. The molecule has 4 rings (SSSR count). The third-order valence-corrected chi connectivity index (χ3v) is 5.73. The molecule has 1 aromatic carbocycles. The molecule has 8 heteroatoms. The third-order valence-electron chi connectivity index (χ3n) is 5.73. The Bertz CT molecular complexity index is 867. The third kappa shape index (κ3) is 4.54. The van der Waals surface area contributed by atoms with Gasteiger partial charge < -0.3 is 23.8 Å². The summed E-state index contributed by atoms with van der Waals surface area (Å²) in [5.74, 6) is 1.07. The molecule has 0 radical (unpaired) electrons. The van der Waals surface area contributed by atoms with Crippen LogP contribution >= 0.6 is 0 Å². The number of carbonyl (C=O) groups is 2. The topological polar surface area (TPSA) is 67.2 Å². The van der Waals surface area contributed by atoms with Gasteiger partial charge in [-0.3, -0.25) is 14.5 Å². The van der Waals surface area contributed by atoms with Gasteiger partial charge in [0.2, 0.25) is 11.8 Å². The predicted molar refractivity (Wildman–Crippen MR) is 109 cm³/mol. The number of nitrogens with zero attached hydrogens (tertiary/aromatic N) is 4. The average Bonchev–Trinajstić information content (AvgIpc) is 3.16. The molecule has 2 aliphatic heterocycles. The van der Waals surface area contributed by atoms with Crippen LogP contribution in [0.15, 0.2) is 30.5 Å². The van der Waals surface area contributed by atoms with E-state index in [0.717, 1.165) is 29.7 Å². The second-order valence-corrected chi connectivity index (χ2v) is 7.52. The van der Waals surface area contributed by atoms with E-state index in [1.54, 1.807) is 7.11 Å². The van der Waals surface area contributed by atoms with Crippen molar-refractivity contribution in [3.63, 3.8) is 0 Å².